The third kappa shape index (κ3) is 2.40. The Morgan fingerprint density at radius 3 is 2.41 bits per heavy atom. The van der Waals surface area contributed by atoms with Gasteiger partial charge in [0.2, 0.25) is 0 Å². The Balaban J connectivity index is 1.68. The zero-order valence-electron chi connectivity index (χ0n) is 11.0. The largest absolute Gasteiger partial charge is 0.311 e. The molecule has 92 valence electrons. The van der Waals surface area contributed by atoms with Crippen LogP contribution in [0.4, 0.5) is 0 Å². The third-order valence-electron chi connectivity index (χ3n) is 4.67. The van der Waals surface area contributed by atoms with E-state index >= 15 is 0 Å². The van der Waals surface area contributed by atoms with Crippen LogP contribution >= 0.6 is 0 Å². The monoisotopic (exact) mass is 229 g/mol. The number of hydrogen-bond donors (Lipinski definition) is 1. The second kappa shape index (κ2) is 4.45. The zero-order valence-corrected chi connectivity index (χ0v) is 11.0. The highest BCUT2D eigenvalue weighted by atomic mass is 15.0. The van der Waals surface area contributed by atoms with Gasteiger partial charge in [0.1, 0.15) is 0 Å². The van der Waals surface area contributed by atoms with Crippen LogP contribution in [0, 0.1) is 19.8 Å². The van der Waals surface area contributed by atoms with Crippen molar-refractivity contribution in [3.63, 3.8) is 0 Å². The van der Waals surface area contributed by atoms with Crippen molar-refractivity contribution in [2.24, 2.45) is 5.92 Å². The highest BCUT2D eigenvalue weighted by Gasteiger charge is 2.33. The van der Waals surface area contributed by atoms with Gasteiger partial charge in [-0.3, -0.25) is 0 Å². The molecule has 0 aliphatic carbocycles. The number of fused-ring (bicyclic) bond motifs is 2. The van der Waals surface area contributed by atoms with Crippen molar-refractivity contribution in [1.29, 1.82) is 0 Å². The third-order valence-corrected chi connectivity index (χ3v) is 4.67. The van der Waals surface area contributed by atoms with Gasteiger partial charge in [-0.2, -0.15) is 0 Å². The first-order valence-corrected chi connectivity index (χ1v) is 7.03. The molecule has 0 aromatic heterocycles. The van der Waals surface area contributed by atoms with Crippen LogP contribution < -0.4 is 5.32 Å². The average molecular weight is 229 g/mol. The second-order valence-electron chi connectivity index (χ2n) is 6.10. The fourth-order valence-electron chi connectivity index (χ4n) is 3.61. The Kier molecular flexibility index (Phi) is 2.96. The molecule has 1 heteroatoms. The van der Waals surface area contributed by atoms with Gasteiger partial charge in [0.25, 0.3) is 0 Å². The summed E-state index contributed by atoms with van der Waals surface area (Å²) in [5, 5.41) is 3.73. The van der Waals surface area contributed by atoms with Crippen molar-refractivity contribution >= 4 is 0 Å². The predicted octanol–water partition coefficient (Wildman–Crippen LogP) is 3.38. The number of rotatable bonds is 2. The summed E-state index contributed by atoms with van der Waals surface area (Å²) >= 11 is 0. The van der Waals surface area contributed by atoms with Crippen molar-refractivity contribution < 1.29 is 0 Å². The molecule has 3 rings (SSSR count). The van der Waals surface area contributed by atoms with Crippen LogP contribution in [0.3, 0.4) is 0 Å². The minimum absolute atomic E-state index is 0.824. The van der Waals surface area contributed by atoms with Gasteiger partial charge in [0.05, 0.1) is 0 Å². The molecule has 2 heterocycles. The van der Waals surface area contributed by atoms with Crippen molar-refractivity contribution in [1.82, 2.24) is 5.32 Å². The van der Waals surface area contributed by atoms with E-state index in [4.69, 9.17) is 0 Å². The standard InChI is InChI=1S/C16H23N/c1-11-3-4-13(7-12(11)2)8-14-9-15-5-6-16(10-14)17-15/h3-4,7,14-17H,5-6,8-10H2,1-2H3. The van der Waals surface area contributed by atoms with Crippen molar-refractivity contribution in [2.45, 2.75) is 58.0 Å². The summed E-state index contributed by atoms with van der Waals surface area (Å²) < 4.78 is 0. The van der Waals surface area contributed by atoms with E-state index in [-0.39, 0.29) is 0 Å². The molecule has 2 unspecified atom stereocenters. The molecule has 2 saturated heterocycles. The molecule has 1 nitrogen and oxygen atoms in total. The topological polar surface area (TPSA) is 12.0 Å². The summed E-state index contributed by atoms with van der Waals surface area (Å²) in [5.74, 6) is 0.913. The van der Waals surface area contributed by atoms with Crippen LogP contribution in [-0.4, -0.2) is 12.1 Å². The molecule has 1 aromatic carbocycles. The Morgan fingerprint density at radius 1 is 1.06 bits per heavy atom. The lowest BCUT2D eigenvalue weighted by Gasteiger charge is -2.29. The molecule has 0 saturated carbocycles. The van der Waals surface area contributed by atoms with Crippen LogP contribution in [0.15, 0.2) is 18.2 Å². The van der Waals surface area contributed by atoms with Gasteiger partial charge < -0.3 is 5.32 Å². The fourth-order valence-corrected chi connectivity index (χ4v) is 3.61. The van der Waals surface area contributed by atoms with Gasteiger partial charge in [-0.1, -0.05) is 18.2 Å². The molecule has 0 amide bonds. The quantitative estimate of drug-likeness (QED) is 0.820. The van der Waals surface area contributed by atoms with Gasteiger partial charge in [-0.15, -0.1) is 0 Å². The molecular weight excluding hydrogens is 206 g/mol. The van der Waals surface area contributed by atoms with Crippen molar-refractivity contribution in [3.8, 4) is 0 Å². The lowest BCUT2D eigenvalue weighted by Crippen LogP contribution is -2.38. The van der Waals surface area contributed by atoms with Crippen LogP contribution in [0.1, 0.15) is 42.4 Å². The first-order valence-electron chi connectivity index (χ1n) is 7.03. The molecule has 1 N–H and O–H groups in total. The predicted molar refractivity (Wildman–Crippen MR) is 72.3 cm³/mol. The van der Waals surface area contributed by atoms with E-state index in [9.17, 15) is 0 Å². The Bertz CT molecular complexity index is 398. The second-order valence-corrected chi connectivity index (χ2v) is 6.10. The molecule has 2 bridgehead atoms. The molecular formula is C16H23N. The Hall–Kier alpha value is -0.820. The average Bonchev–Trinajstić information content (AvgIpc) is 2.64. The lowest BCUT2D eigenvalue weighted by molar-refractivity contribution is 0.298. The van der Waals surface area contributed by atoms with E-state index in [1.54, 1.807) is 5.56 Å². The van der Waals surface area contributed by atoms with Gasteiger partial charge in [0, 0.05) is 12.1 Å². The van der Waals surface area contributed by atoms with Crippen molar-refractivity contribution in [2.75, 3.05) is 0 Å². The van der Waals surface area contributed by atoms with Crippen molar-refractivity contribution in [3.05, 3.63) is 34.9 Å². The number of hydrogen-bond acceptors (Lipinski definition) is 1. The summed E-state index contributed by atoms with van der Waals surface area (Å²) in [4.78, 5) is 0. The number of piperidine rings is 1. The van der Waals surface area contributed by atoms with Gasteiger partial charge >= 0.3 is 0 Å². The summed E-state index contributed by atoms with van der Waals surface area (Å²) in [6.45, 7) is 4.43. The highest BCUT2D eigenvalue weighted by molar-refractivity contribution is 5.30. The molecule has 2 aliphatic heterocycles. The highest BCUT2D eigenvalue weighted by Crippen LogP contribution is 2.32. The van der Waals surface area contributed by atoms with E-state index in [2.05, 4.69) is 37.4 Å². The lowest BCUT2D eigenvalue weighted by atomic mass is 9.86. The first kappa shape index (κ1) is 11.3. The van der Waals surface area contributed by atoms with Crippen LogP contribution in [-0.2, 0) is 6.42 Å². The van der Waals surface area contributed by atoms with E-state index in [1.807, 2.05) is 0 Å². The zero-order chi connectivity index (χ0) is 11.8. The Labute approximate surface area is 105 Å². The maximum Gasteiger partial charge on any atom is 0.00729 e. The van der Waals surface area contributed by atoms with E-state index in [1.165, 1.54) is 43.2 Å². The van der Waals surface area contributed by atoms with Gasteiger partial charge in [-0.25, -0.2) is 0 Å². The minimum atomic E-state index is 0.824. The van der Waals surface area contributed by atoms with Gasteiger partial charge in [-0.05, 0) is 68.6 Å². The van der Waals surface area contributed by atoms with Gasteiger partial charge in [0.15, 0.2) is 0 Å². The Morgan fingerprint density at radius 2 is 1.76 bits per heavy atom. The molecule has 1 aromatic rings. The molecule has 0 spiro atoms. The molecule has 2 atom stereocenters. The van der Waals surface area contributed by atoms with Crippen LogP contribution in [0.25, 0.3) is 0 Å². The molecule has 2 aliphatic rings. The maximum absolute atomic E-state index is 3.73. The molecule has 17 heavy (non-hydrogen) atoms. The fraction of sp³-hybridized carbons (Fsp3) is 0.625. The summed E-state index contributed by atoms with van der Waals surface area (Å²) in [6, 6.07) is 8.64. The minimum Gasteiger partial charge on any atom is -0.311 e. The molecule has 2 fully saturated rings. The van der Waals surface area contributed by atoms with E-state index < -0.39 is 0 Å². The number of benzene rings is 1. The van der Waals surface area contributed by atoms with E-state index in [0.29, 0.717) is 0 Å². The summed E-state index contributed by atoms with van der Waals surface area (Å²) in [6.07, 6.45) is 6.89. The SMILES string of the molecule is Cc1ccc(CC2CC3CCC(C2)N3)cc1C. The smallest absolute Gasteiger partial charge is 0.00729 e. The normalized spacial score (nSPS) is 31.8. The van der Waals surface area contributed by atoms with Crippen LogP contribution in [0.5, 0.6) is 0 Å². The summed E-state index contributed by atoms with van der Waals surface area (Å²) in [7, 11) is 0. The number of nitrogens with one attached hydrogen (secondary N) is 1. The van der Waals surface area contributed by atoms with Crippen LogP contribution in [0.2, 0.25) is 0 Å². The molecule has 0 radical (unpaired) electrons. The van der Waals surface area contributed by atoms with E-state index in [0.717, 1.165) is 18.0 Å². The number of aryl methyl sites for hydroxylation is 2. The summed E-state index contributed by atoms with van der Waals surface area (Å²) in [5.41, 5.74) is 4.40. The maximum atomic E-state index is 3.73. The first-order chi connectivity index (χ1) is 8.20.